The van der Waals surface area contributed by atoms with Crippen molar-refractivity contribution in [3.63, 3.8) is 0 Å². The second kappa shape index (κ2) is 5.16. The first kappa shape index (κ1) is 11.2. The molecule has 4 heteroatoms. The smallest absolute Gasteiger partial charge is 0.147 e. The van der Waals surface area contributed by atoms with Crippen LogP contribution in [-0.4, -0.2) is 11.8 Å². The van der Waals surface area contributed by atoms with E-state index in [0.717, 1.165) is 22.8 Å². The van der Waals surface area contributed by atoms with Crippen LogP contribution in [0.25, 0.3) is 11.3 Å². The minimum atomic E-state index is 0.639. The van der Waals surface area contributed by atoms with Gasteiger partial charge in [-0.2, -0.15) is 0 Å². The van der Waals surface area contributed by atoms with Gasteiger partial charge in [0.15, 0.2) is 0 Å². The maximum absolute atomic E-state index is 5.54. The Morgan fingerprint density at radius 3 is 2.88 bits per heavy atom. The molecule has 84 valence electrons. The van der Waals surface area contributed by atoms with E-state index in [1.165, 1.54) is 0 Å². The lowest BCUT2D eigenvalue weighted by molar-refractivity contribution is 0.341. The fourth-order valence-electron chi connectivity index (χ4n) is 1.46. The molecule has 2 rings (SSSR count). The number of ether oxygens (including phenoxy) is 1. The summed E-state index contributed by atoms with van der Waals surface area (Å²) in [5.74, 6) is 1.64. The third kappa shape index (κ3) is 2.27. The molecule has 1 heterocycles. The van der Waals surface area contributed by atoms with Crippen LogP contribution in [0.3, 0.4) is 0 Å². The Kier molecular flexibility index (Phi) is 3.62. The summed E-state index contributed by atoms with van der Waals surface area (Å²) in [6.07, 6.45) is 0. The number of hydrogen-bond donors (Lipinski definition) is 0. The Morgan fingerprint density at radius 2 is 2.19 bits per heavy atom. The van der Waals surface area contributed by atoms with Crippen molar-refractivity contribution in [1.29, 1.82) is 0 Å². The normalized spacial score (nSPS) is 10.4. The number of aromatic nitrogens is 1. The highest BCUT2D eigenvalue weighted by molar-refractivity contribution is 9.08. The highest BCUT2D eigenvalue weighted by Crippen LogP contribution is 2.29. The van der Waals surface area contributed by atoms with E-state index >= 15 is 0 Å². The van der Waals surface area contributed by atoms with Crippen molar-refractivity contribution in [3.8, 4) is 17.0 Å². The van der Waals surface area contributed by atoms with Gasteiger partial charge >= 0.3 is 0 Å². The van der Waals surface area contributed by atoms with Crippen molar-refractivity contribution in [3.05, 3.63) is 36.1 Å². The quantitative estimate of drug-likeness (QED) is 0.803. The number of alkyl halides is 1. The van der Waals surface area contributed by atoms with Gasteiger partial charge in [0.1, 0.15) is 17.2 Å². The van der Waals surface area contributed by atoms with E-state index in [1.54, 1.807) is 0 Å². The molecule has 0 radical (unpaired) electrons. The van der Waals surface area contributed by atoms with Gasteiger partial charge in [0.25, 0.3) is 0 Å². The molecule has 0 aliphatic heterocycles. The van der Waals surface area contributed by atoms with Crippen LogP contribution in [0.2, 0.25) is 0 Å². The van der Waals surface area contributed by atoms with Crippen LogP contribution in [0.4, 0.5) is 0 Å². The largest absolute Gasteiger partial charge is 0.493 e. The lowest BCUT2D eigenvalue weighted by Gasteiger charge is -2.06. The molecule has 16 heavy (non-hydrogen) atoms. The molecule has 0 spiro atoms. The van der Waals surface area contributed by atoms with E-state index in [0.29, 0.717) is 11.9 Å². The minimum Gasteiger partial charge on any atom is -0.493 e. The number of halogens is 1. The number of para-hydroxylation sites is 1. The maximum atomic E-state index is 5.54. The van der Waals surface area contributed by atoms with E-state index in [4.69, 9.17) is 9.26 Å². The number of rotatable bonds is 4. The Hall–Kier alpha value is -1.29. The molecule has 0 N–H and O–H groups in total. The van der Waals surface area contributed by atoms with Crippen LogP contribution >= 0.6 is 15.9 Å². The first-order chi connectivity index (χ1) is 7.85. The van der Waals surface area contributed by atoms with Gasteiger partial charge in [0.2, 0.25) is 0 Å². The molecule has 0 aliphatic rings. The van der Waals surface area contributed by atoms with Crippen molar-refractivity contribution in [2.24, 2.45) is 0 Å². The third-order valence-corrected chi connectivity index (χ3v) is 2.71. The Morgan fingerprint density at radius 1 is 1.38 bits per heavy atom. The highest BCUT2D eigenvalue weighted by atomic mass is 79.9. The first-order valence-electron chi connectivity index (χ1n) is 5.09. The summed E-state index contributed by atoms with van der Waals surface area (Å²) in [5, 5.41) is 4.68. The van der Waals surface area contributed by atoms with E-state index in [-0.39, 0.29) is 0 Å². The van der Waals surface area contributed by atoms with E-state index in [2.05, 4.69) is 21.1 Å². The van der Waals surface area contributed by atoms with Crippen LogP contribution < -0.4 is 4.74 Å². The van der Waals surface area contributed by atoms with Crippen molar-refractivity contribution in [2.75, 3.05) is 6.61 Å². The topological polar surface area (TPSA) is 35.3 Å². The van der Waals surface area contributed by atoms with Crippen molar-refractivity contribution >= 4 is 15.9 Å². The van der Waals surface area contributed by atoms with Gasteiger partial charge in [0.05, 0.1) is 11.9 Å². The molecule has 0 amide bonds. The zero-order valence-corrected chi connectivity index (χ0v) is 10.5. The standard InChI is InChI=1S/C12H12BrNO2/c1-2-15-12-6-4-3-5-10(12)11-7-9(8-13)16-14-11/h3-7H,2,8H2,1H3. The fourth-order valence-corrected chi connectivity index (χ4v) is 1.73. The molecule has 0 unspecified atom stereocenters. The molecule has 0 fully saturated rings. The molecule has 0 saturated heterocycles. The molecule has 3 nitrogen and oxygen atoms in total. The van der Waals surface area contributed by atoms with Crippen LogP contribution in [0.1, 0.15) is 12.7 Å². The predicted octanol–water partition coefficient (Wildman–Crippen LogP) is 3.64. The number of benzene rings is 1. The molecule has 1 aromatic carbocycles. The summed E-state index contributed by atoms with van der Waals surface area (Å²) in [6, 6.07) is 9.72. The molecule has 0 aliphatic carbocycles. The molecule has 1 aromatic heterocycles. The summed E-state index contributed by atoms with van der Waals surface area (Å²) in [5.41, 5.74) is 1.76. The van der Waals surface area contributed by atoms with Gasteiger partial charge in [-0.3, -0.25) is 0 Å². The monoisotopic (exact) mass is 281 g/mol. The molecule has 0 saturated carbocycles. The van der Waals surface area contributed by atoms with Crippen LogP contribution in [0.15, 0.2) is 34.9 Å². The third-order valence-electron chi connectivity index (χ3n) is 2.15. The summed E-state index contributed by atoms with van der Waals surface area (Å²) in [4.78, 5) is 0. The summed E-state index contributed by atoms with van der Waals surface area (Å²) in [6.45, 7) is 2.60. The Balaban J connectivity index is 2.38. The minimum absolute atomic E-state index is 0.639. The highest BCUT2D eigenvalue weighted by Gasteiger charge is 2.10. The second-order valence-corrected chi connectivity index (χ2v) is 3.80. The molecular formula is C12H12BrNO2. The van der Waals surface area contributed by atoms with Crippen LogP contribution in [-0.2, 0) is 5.33 Å². The average molecular weight is 282 g/mol. The van der Waals surface area contributed by atoms with Crippen molar-refractivity contribution in [2.45, 2.75) is 12.3 Å². The van der Waals surface area contributed by atoms with Crippen molar-refractivity contribution in [1.82, 2.24) is 5.16 Å². The summed E-state index contributed by atoms with van der Waals surface area (Å²) >= 11 is 3.33. The van der Waals surface area contributed by atoms with Gasteiger partial charge in [0, 0.05) is 11.6 Å². The van der Waals surface area contributed by atoms with E-state index in [9.17, 15) is 0 Å². The zero-order valence-electron chi connectivity index (χ0n) is 8.94. The maximum Gasteiger partial charge on any atom is 0.147 e. The van der Waals surface area contributed by atoms with E-state index in [1.807, 2.05) is 37.3 Å². The predicted molar refractivity (Wildman–Crippen MR) is 65.7 cm³/mol. The number of hydrogen-bond acceptors (Lipinski definition) is 3. The Labute approximate surface area is 103 Å². The van der Waals surface area contributed by atoms with Crippen LogP contribution in [0, 0.1) is 0 Å². The zero-order chi connectivity index (χ0) is 11.4. The van der Waals surface area contributed by atoms with Gasteiger partial charge in [-0.15, -0.1) is 0 Å². The first-order valence-corrected chi connectivity index (χ1v) is 6.21. The molecule has 0 bridgehead atoms. The van der Waals surface area contributed by atoms with Gasteiger partial charge in [-0.05, 0) is 19.1 Å². The molecule has 0 atom stereocenters. The van der Waals surface area contributed by atoms with Gasteiger partial charge in [-0.25, -0.2) is 0 Å². The van der Waals surface area contributed by atoms with E-state index < -0.39 is 0 Å². The second-order valence-electron chi connectivity index (χ2n) is 3.24. The lowest BCUT2D eigenvalue weighted by Crippen LogP contribution is -1.93. The Bertz CT molecular complexity index is 468. The number of nitrogens with zero attached hydrogens (tertiary/aromatic N) is 1. The fraction of sp³-hybridized carbons (Fsp3) is 0.250. The summed E-state index contributed by atoms with van der Waals surface area (Å²) < 4.78 is 10.7. The average Bonchev–Trinajstić information content (AvgIpc) is 2.79. The van der Waals surface area contributed by atoms with Gasteiger partial charge in [-0.1, -0.05) is 33.2 Å². The molecule has 2 aromatic rings. The van der Waals surface area contributed by atoms with Gasteiger partial charge < -0.3 is 9.26 Å². The summed E-state index contributed by atoms with van der Waals surface area (Å²) in [7, 11) is 0. The SMILES string of the molecule is CCOc1ccccc1-c1cc(CBr)on1. The lowest BCUT2D eigenvalue weighted by atomic mass is 10.1. The van der Waals surface area contributed by atoms with Crippen LogP contribution in [0.5, 0.6) is 5.75 Å². The van der Waals surface area contributed by atoms with Crippen molar-refractivity contribution < 1.29 is 9.26 Å². The molecular weight excluding hydrogens is 270 g/mol.